The summed E-state index contributed by atoms with van der Waals surface area (Å²) in [4.78, 5) is 32.4. The van der Waals surface area contributed by atoms with Crippen LogP contribution in [0.25, 0.3) is 5.69 Å². The highest BCUT2D eigenvalue weighted by molar-refractivity contribution is 5.96. The zero-order valence-corrected chi connectivity index (χ0v) is 19.4. The van der Waals surface area contributed by atoms with Crippen molar-refractivity contribution in [1.82, 2.24) is 14.5 Å². The number of amides is 1. The minimum absolute atomic E-state index is 0.0218. The number of hydrogen-bond acceptors (Lipinski definition) is 6. The Morgan fingerprint density at radius 2 is 1.86 bits per heavy atom. The number of unbranched alkanes of at least 4 members (excludes halogenated alkanes) is 1. The molecule has 8 heteroatoms. The van der Waals surface area contributed by atoms with Gasteiger partial charge in [-0.2, -0.15) is 4.98 Å². The first kappa shape index (κ1) is 17.6. The molecule has 0 spiro atoms. The number of carbonyl (C=O) groups excluding carboxylic acids is 1. The molecule has 1 atom stereocenters. The molecule has 1 fully saturated rings. The smallest absolute Gasteiger partial charge is 0.289 e. The average molecular weight is 484 g/mol. The third kappa shape index (κ3) is 4.73. The second-order valence-electron chi connectivity index (χ2n) is 8.43. The molecule has 1 amide bonds. The van der Waals surface area contributed by atoms with Crippen molar-refractivity contribution in [3.63, 3.8) is 0 Å². The van der Waals surface area contributed by atoms with E-state index >= 15 is 0 Å². The molecule has 35 heavy (non-hydrogen) atoms. The number of ether oxygens (including phenoxy) is 2. The molecule has 8 nitrogen and oxygen atoms in total. The number of carbonyl (C=O) groups is 1. The predicted octanol–water partition coefficient (Wildman–Crippen LogP) is 3.93. The van der Waals surface area contributed by atoms with Crippen molar-refractivity contribution in [2.24, 2.45) is 0 Å². The Kier molecular flexibility index (Phi) is 5.35. The van der Waals surface area contributed by atoms with Crippen LogP contribution in [-0.4, -0.2) is 52.6 Å². The number of aromatic nitrogens is 2. The number of hydrogen-bond donors (Lipinski definition) is 1. The first-order valence-corrected chi connectivity index (χ1v) is 11.5. The molecule has 184 valence electrons. The summed E-state index contributed by atoms with van der Waals surface area (Å²) in [7, 11) is -5.92. The molecule has 1 N–H and O–H groups in total. The molecule has 0 aliphatic carbocycles. The van der Waals surface area contributed by atoms with Gasteiger partial charge in [0.15, 0.2) is 5.56 Å². The van der Waals surface area contributed by atoms with Gasteiger partial charge in [0, 0.05) is 25.4 Å². The Balaban J connectivity index is 1.88. The number of para-hydroxylation sites is 1. The highest BCUT2D eigenvalue weighted by Gasteiger charge is 2.33. The van der Waals surface area contributed by atoms with Gasteiger partial charge < -0.3 is 19.5 Å². The topological polar surface area (TPSA) is 93.9 Å². The van der Waals surface area contributed by atoms with E-state index in [-0.39, 0.29) is 35.3 Å². The van der Waals surface area contributed by atoms with E-state index in [0.29, 0.717) is 32.4 Å². The van der Waals surface area contributed by atoms with Gasteiger partial charge in [0.2, 0.25) is 5.88 Å². The lowest BCUT2D eigenvalue weighted by Crippen LogP contribution is -2.35. The number of benzene rings is 2. The lowest BCUT2D eigenvalue weighted by Gasteiger charge is -2.22. The maximum Gasteiger partial charge on any atom is 0.289 e. The number of aryl methyl sites for hydroxylation is 1. The van der Waals surface area contributed by atoms with Gasteiger partial charge in [0.1, 0.15) is 23.0 Å². The van der Waals surface area contributed by atoms with Crippen LogP contribution in [0.3, 0.4) is 0 Å². The number of nitrogens with zero attached hydrogens (tertiary/aromatic N) is 3. The fourth-order valence-corrected chi connectivity index (χ4v) is 4.46. The Morgan fingerprint density at radius 3 is 2.51 bits per heavy atom. The van der Waals surface area contributed by atoms with Crippen LogP contribution < -0.4 is 15.0 Å². The first-order chi connectivity index (χ1) is 19.3. The van der Waals surface area contributed by atoms with Crippen molar-refractivity contribution in [2.75, 3.05) is 27.2 Å². The van der Waals surface area contributed by atoms with Crippen LogP contribution >= 0.6 is 0 Å². The molecule has 0 unspecified atom stereocenters. The second-order valence-corrected chi connectivity index (χ2v) is 8.43. The summed E-state index contributed by atoms with van der Waals surface area (Å²) < 4.78 is 56.9. The fourth-order valence-electron chi connectivity index (χ4n) is 4.46. The van der Waals surface area contributed by atoms with Crippen LogP contribution in [0, 0.1) is 0 Å². The number of methoxy groups -OCH3 is 2. The molecule has 0 saturated carbocycles. The van der Waals surface area contributed by atoms with E-state index in [2.05, 4.69) is 4.98 Å². The van der Waals surface area contributed by atoms with E-state index < -0.39 is 37.0 Å². The van der Waals surface area contributed by atoms with E-state index in [1.807, 2.05) is 37.3 Å². The molecule has 2 aromatic carbocycles. The molecule has 1 aliphatic heterocycles. The summed E-state index contributed by atoms with van der Waals surface area (Å²) in [5.41, 5.74) is -0.846. The molecule has 0 radical (unpaired) electrons. The van der Waals surface area contributed by atoms with Crippen molar-refractivity contribution in [3.05, 3.63) is 75.8 Å². The van der Waals surface area contributed by atoms with E-state index in [0.717, 1.165) is 10.1 Å². The predicted molar refractivity (Wildman–Crippen MR) is 133 cm³/mol. The summed E-state index contributed by atoms with van der Waals surface area (Å²) in [5.74, 6) is -2.29. The standard InChI is InChI=1S/C27H31N3O5/c1-4-5-14-22-28-25(31)23(26(32)29-16-15-19(17-29)18-10-7-6-8-11-18)27(33)30(22)24-20(34-2)12-9-13-21(24)35-3/h6-13,19,33H,4-5,14-17H2,1-3H3/t19-/m0/s1/i2D3,3D3. The van der Waals surface area contributed by atoms with Crippen LogP contribution in [0.2, 0.25) is 0 Å². The quantitative estimate of drug-likeness (QED) is 0.522. The third-order valence-electron chi connectivity index (χ3n) is 6.26. The zero-order valence-electron chi connectivity index (χ0n) is 25.4. The van der Waals surface area contributed by atoms with Gasteiger partial charge in [-0.1, -0.05) is 49.7 Å². The van der Waals surface area contributed by atoms with Crippen molar-refractivity contribution < 1.29 is 27.6 Å². The van der Waals surface area contributed by atoms with Gasteiger partial charge in [-0.25, -0.2) is 0 Å². The van der Waals surface area contributed by atoms with Crippen molar-refractivity contribution >= 4 is 5.91 Å². The molecule has 1 aromatic heterocycles. The molecule has 1 saturated heterocycles. The summed E-state index contributed by atoms with van der Waals surface area (Å²) in [5, 5.41) is 11.5. The van der Waals surface area contributed by atoms with Crippen LogP contribution in [0.5, 0.6) is 17.4 Å². The molecular weight excluding hydrogens is 446 g/mol. The summed E-state index contributed by atoms with van der Waals surface area (Å²) in [6.07, 6.45) is 1.99. The lowest BCUT2D eigenvalue weighted by molar-refractivity contribution is 0.0784. The summed E-state index contributed by atoms with van der Waals surface area (Å²) in [6.45, 7) is 2.54. The number of aromatic hydroxyl groups is 1. The van der Waals surface area contributed by atoms with Gasteiger partial charge >= 0.3 is 0 Å². The van der Waals surface area contributed by atoms with E-state index in [9.17, 15) is 14.7 Å². The maximum absolute atomic E-state index is 13.7. The Hall–Kier alpha value is -3.81. The van der Waals surface area contributed by atoms with Crippen molar-refractivity contribution in [1.29, 1.82) is 0 Å². The fraction of sp³-hybridized carbons (Fsp3) is 0.370. The molecule has 0 bridgehead atoms. The van der Waals surface area contributed by atoms with Crippen LogP contribution in [-0.2, 0) is 6.42 Å². The summed E-state index contributed by atoms with van der Waals surface area (Å²) >= 11 is 0. The maximum atomic E-state index is 13.7. The van der Waals surface area contributed by atoms with Gasteiger partial charge in [-0.3, -0.25) is 14.2 Å². The van der Waals surface area contributed by atoms with Gasteiger partial charge in [-0.15, -0.1) is 0 Å². The van der Waals surface area contributed by atoms with E-state index in [1.54, 1.807) is 0 Å². The Labute approximate surface area is 213 Å². The normalized spacial score (nSPS) is 18.5. The molecule has 2 heterocycles. The van der Waals surface area contributed by atoms with E-state index in [1.165, 1.54) is 23.1 Å². The van der Waals surface area contributed by atoms with Gasteiger partial charge in [0.25, 0.3) is 11.5 Å². The largest absolute Gasteiger partial charge is 0.494 e. The lowest BCUT2D eigenvalue weighted by atomic mass is 9.99. The summed E-state index contributed by atoms with van der Waals surface area (Å²) in [6, 6.07) is 13.4. The number of rotatable bonds is 8. The van der Waals surface area contributed by atoms with Crippen LogP contribution in [0.1, 0.15) is 62.1 Å². The highest BCUT2D eigenvalue weighted by Crippen LogP contribution is 2.37. The van der Waals surface area contributed by atoms with E-state index in [4.69, 9.17) is 17.7 Å². The molecule has 1 aliphatic rings. The van der Waals surface area contributed by atoms with Crippen molar-refractivity contribution in [3.8, 4) is 23.1 Å². The van der Waals surface area contributed by atoms with Crippen LogP contribution in [0.4, 0.5) is 0 Å². The SMILES string of the molecule is [2H]C([2H])([2H])Oc1cccc(OC([2H])([2H])[2H])c1-n1c(CCCC)nc(=O)c(C(=O)N2CC[C@H](c3ccccc3)C2)c1O. The van der Waals surface area contributed by atoms with Gasteiger partial charge in [0.05, 0.1) is 22.3 Å². The molecular formula is C27H31N3O5. The van der Waals surface area contributed by atoms with Crippen LogP contribution in [0.15, 0.2) is 53.3 Å². The third-order valence-corrected chi connectivity index (χ3v) is 6.26. The highest BCUT2D eigenvalue weighted by atomic mass is 16.5. The number of likely N-dealkylation sites (tertiary alicyclic amines) is 1. The monoisotopic (exact) mass is 483 g/mol. The zero-order chi connectivity index (χ0) is 29.9. The minimum Gasteiger partial charge on any atom is -0.494 e. The van der Waals surface area contributed by atoms with Crippen molar-refractivity contribution in [2.45, 2.75) is 38.5 Å². The average Bonchev–Trinajstić information content (AvgIpc) is 3.37. The first-order valence-electron chi connectivity index (χ1n) is 14.5. The Morgan fingerprint density at radius 1 is 1.14 bits per heavy atom. The minimum atomic E-state index is -2.96. The molecule has 4 rings (SSSR count). The second kappa shape index (κ2) is 10.6. The molecule has 3 aromatic rings. The van der Waals surface area contributed by atoms with Gasteiger partial charge in [-0.05, 0) is 30.5 Å². The Bertz CT molecular complexity index is 1420.